The maximum Gasteiger partial charge on any atom is 0.316 e. The van der Waals surface area contributed by atoms with Gasteiger partial charge in [0.15, 0.2) is 0 Å². The van der Waals surface area contributed by atoms with Gasteiger partial charge < -0.3 is 10.1 Å². The van der Waals surface area contributed by atoms with Gasteiger partial charge in [-0.2, -0.15) is 0 Å². The summed E-state index contributed by atoms with van der Waals surface area (Å²) in [7, 11) is 0. The number of ether oxygens (including phenoxy) is 1. The Hall–Kier alpha value is -2.87. The van der Waals surface area contributed by atoms with Crippen LogP contribution in [0.3, 0.4) is 0 Å². The number of benzene rings is 1. The van der Waals surface area contributed by atoms with Gasteiger partial charge in [0.05, 0.1) is 5.56 Å². The van der Waals surface area contributed by atoms with Crippen LogP contribution in [0.2, 0.25) is 0 Å². The highest BCUT2D eigenvalue weighted by atomic mass is 16.5. The molecule has 1 aromatic carbocycles. The molecule has 1 unspecified atom stereocenters. The second kappa shape index (κ2) is 8.43. The summed E-state index contributed by atoms with van der Waals surface area (Å²) in [5.74, 6) is 6.96. The SMILES string of the molecule is CC(CNC(=O)C1CC1)c1ccc(C#Cc2cnc(OC3CCC3)nc2)cc1. The first-order chi connectivity index (χ1) is 13.7. The van der Waals surface area contributed by atoms with Crippen LogP contribution < -0.4 is 10.1 Å². The Labute approximate surface area is 165 Å². The predicted octanol–water partition coefficient (Wildman–Crippen LogP) is 3.44. The van der Waals surface area contributed by atoms with Gasteiger partial charge >= 0.3 is 6.01 Å². The van der Waals surface area contributed by atoms with E-state index in [1.165, 1.54) is 12.0 Å². The van der Waals surface area contributed by atoms with Crippen LogP contribution in [0.5, 0.6) is 6.01 Å². The molecule has 2 saturated carbocycles. The van der Waals surface area contributed by atoms with E-state index in [1.807, 2.05) is 12.1 Å². The van der Waals surface area contributed by atoms with Gasteiger partial charge in [0.25, 0.3) is 0 Å². The van der Waals surface area contributed by atoms with Crippen molar-refractivity contribution < 1.29 is 9.53 Å². The van der Waals surface area contributed by atoms with E-state index in [2.05, 4.69) is 46.2 Å². The van der Waals surface area contributed by atoms with Crippen LogP contribution in [0.25, 0.3) is 0 Å². The third-order valence-corrected chi connectivity index (χ3v) is 5.31. The van der Waals surface area contributed by atoms with Crippen LogP contribution in [0.15, 0.2) is 36.7 Å². The van der Waals surface area contributed by atoms with Crippen LogP contribution in [-0.4, -0.2) is 28.5 Å². The van der Waals surface area contributed by atoms with Crippen molar-refractivity contribution in [2.24, 2.45) is 5.92 Å². The van der Waals surface area contributed by atoms with Crippen LogP contribution in [0.4, 0.5) is 0 Å². The second-order valence-electron chi connectivity index (χ2n) is 7.72. The van der Waals surface area contributed by atoms with Crippen LogP contribution in [0.1, 0.15) is 61.6 Å². The minimum atomic E-state index is 0.195. The van der Waals surface area contributed by atoms with Gasteiger partial charge in [-0.1, -0.05) is 30.9 Å². The lowest BCUT2D eigenvalue weighted by molar-refractivity contribution is -0.122. The fraction of sp³-hybridized carbons (Fsp3) is 0.435. The lowest BCUT2D eigenvalue weighted by atomic mass is 9.96. The minimum Gasteiger partial charge on any atom is -0.460 e. The zero-order valence-corrected chi connectivity index (χ0v) is 16.1. The molecule has 1 heterocycles. The van der Waals surface area contributed by atoms with Crippen molar-refractivity contribution in [2.75, 3.05) is 6.54 Å². The van der Waals surface area contributed by atoms with E-state index >= 15 is 0 Å². The lowest BCUT2D eigenvalue weighted by Crippen LogP contribution is -2.28. The molecule has 2 aromatic rings. The first-order valence-corrected chi connectivity index (χ1v) is 10.1. The molecule has 5 nitrogen and oxygen atoms in total. The fourth-order valence-corrected chi connectivity index (χ4v) is 2.98. The van der Waals surface area contributed by atoms with Crippen molar-refractivity contribution in [1.82, 2.24) is 15.3 Å². The molecule has 5 heteroatoms. The molecule has 2 aliphatic carbocycles. The number of hydrogen-bond donors (Lipinski definition) is 1. The quantitative estimate of drug-likeness (QED) is 0.786. The maximum absolute atomic E-state index is 11.8. The molecule has 1 N–H and O–H groups in total. The number of hydrogen-bond acceptors (Lipinski definition) is 4. The smallest absolute Gasteiger partial charge is 0.316 e. The van der Waals surface area contributed by atoms with Crippen molar-refractivity contribution in [1.29, 1.82) is 0 Å². The zero-order valence-electron chi connectivity index (χ0n) is 16.1. The molecule has 0 aliphatic heterocycles. The Morgan fingerprint density at radius 3 is 2.39 bits per heavy atom. The van der Waals surface area contributed by atoms with Gasteiger partial charge in [0.1, 0.15) is 6.10 Å². The van der Waals surface area contributed by atoms with Gasteiger partial charge in [-0.05, 0) is 55.7 Å². The summed E-state index contributed by atoms with van der Waals surface area (Å²) in [6, 6.07) is 8.60. The number of rotatable bonds is 6. The molecule has 0 bridgehead atoms. The van der Waals surface area contributed by atoms with Gasteiger partial charge in [-0.25, -0.2) is 9.97 Å². The highest BCUT2D eigenvalue weighted by Gasteiger charge is 2.29. The topological polar surface area (TPSA) is 64.1 Å². The first-order valence-electron chi connectivity index (χ1n) is 10.1. The van der Waals surface area contributed by atoms with E-state index in [9.17, 15) is 4.79 Å². The van der Waals surface area contributed by atoms with Gasteiger partial charge in [0, 0.05) is 30.4 Å². The summed E-state index contributed by atoms with van der Waals surface area (Å²) in [4.78, 5) is 20.2. The average molecular weight is 375 g/mol. The second-order valence-corrected chi connectivity index (χ2v) is 7.72. The molecule has 0 radical (unpaired) electrons. The molecule has 4 rings (SSSR count). The van der Waals surface area contributed by atoms with E-state index in [0.717, 1.165) is 36.8 Å². The molecular weight excluding hydrogens is 350 g/mol. The number of amides is 1. The van der Waals surface area contributed by atoms with E-state index in [0.29, 0.717) is 12.6 Å². The highest BCUT2D eigenvalue weighted by Crippen LogP contribution is 2.29. The van der Waals surface area contributed by atoms with Gasteiger partial charge in [-0.15, -0.1) is 0 Å². The largest absolute Gasteiger partial charge is 0.460 e. The molecule has 1 aromatic heterocycles. The van der Waals surface area contributed by atoms with Crippen LogP contribution >= 0.6 is 0 Å². The zero-order chi connectivity index (χ0) is 19.3. The summed E-state index contributed by atoms with van der Waals surface area (Å²) in [5, 5.41) is 3.04. The molecule has 0 spiro atoms. The normalized spacial score (nSPS) is 17.0. The molecule has 1 atom stereocenters. The molecule has 0 saturated heterocycles. The Bertz CT molecular complexity index is 873. The van der Waals surface area contributed by atoms with E-state index in [-0.39, 0.29) is 23.8 Å². The van der Waals surface area contributed by atoms with E-state index < -0.39 is 0 Å². The summed E-state index contributed by atoms with van der Waals surface area (Å²) in [6.45, 7) is 2.80. The molecular formula is C23H25N3O2. The molecule has 1 amide bonds. The number of aromatic nitrogens is 2. The van der Waals surface area contributed by atoms with Gasteiger partial charge in [-0.3, -0.25) is 4.79 Å². The maximum atomic E-state index is 11.8. The molecule has 28 heavy (non-hydrogen) atoms. The Morgan fingerprint density at radius 1 is 1.11 bits per heavy atom. The monoisotopic (exact) mass is 375 g/mol. The summed E-state index contributed by atoms with van der Waals surface area (Å²) in [6.07, 6.45) is 9.16. The van der Waals surface area contributed by atoms with Crippen molar-refractivity contribution in [3.63, 3.8) is 0 Å². The third-order valence-electron chi connectivity index (χ3n) is 5.31. The summed E-state index contributed by atoms with van der Waals surface area (Å²) >= 11 is 0. The number of nitrogens with one attached hydrogen (secondary N) is 1. The minimum absolute atomic E-state index is 0.195. The number of carbonyl (C=O) groups is 1. The lowest BCUT2D eigenvalue weighted by Gasteiger charge is -2.24. The van der Waals surface area contributed by atoms with E-state index in [4.69, 9.17) is 4.74 Å². The Morgan fingerprint density at radius 2 is 1.79 bits per heavy atom. The number of carbonyl (C=O) groups excluding carboxylic acids is 1. The van der Waals surface area contributed by atoms with Crippen molar-refractivity contribution in [3.05, 3.63) is 53.3 Å². The highest BCUT2D eigenvalue weighted by molar-refractivity contribution is 5.80. The van der Waals surface area contributed by atoms with Crippen molar-refractivity contribution in [2.45, 2.75) is 51.0 Å². The fourth-order valence-electron chi connectivity index (χ4n) is 2.98. The third kappa shape index (κ3) is 4.89. The first kappa shape index (κ1) is 18.5. The van der Waals surface area contributed by atoms with Crippen molar-refractivity contribution >= 4 is 5.91 Å². The Kier molecular flexibility index (Phi) is 5.57. The predicted molar refractivity (Wildman–Crippen MR) is 107 cm³/mol. The standard InChI is InChI=1S/C23H25N3O2/c1-16(13-24-22(27)20-11-12-20)19-9-7-17(8-10-19)5-6-18-14-25-23(26-15-18)28-21-3-2-4-21/h7-10,14-16,20-21H,2-4,11-13H2,1H3,(H,24,27). The van der Waals surface area contributed by atoms with Crippen LogP contribution in [0, 0.1) is 17.8 Å². The average Bonchev–Trinajstić information content (AvgIpc) is 3.54. The molecule has 2 aliphatic rings. The summed E-state index contributed by atoms with van der Waals surface area (Å²) in [5.41, 5.74) is 2.90. The van der Waals surface area contributed by atoms with E-state index in [1.54, 1.807) is 12.4 Å². The van der Waals surface area contributed by atoms with Gasteiger partial charge in [0.2, 0.25) is 5.91 Å². The molecule has 2 fully saturated rings. The Balaban J connectivity index is 1.30. The van der Waals surface area contributed by atoms with Crippen molar-refractivity contribution in [3.8, 4) is 17.9 Å². The van der Waals surface area contributed by atoms with Crippen LogP contribution in [-0.2, 0) is 4.79 Å². The summed E-state index contributed by atoms with van der Waals surface area (Å²) < 4.78 is 5.66. The molecule has 144 valence electrons. The number of nitrogens with zero attached hydrogens (tertiary/aromatic N) is 2.